The first-order valence-electron chi connectivity index (χ1n) is 8.95. The maximum atomic E-state index is 12.6. The first kappa shape index (κ1) is 19.7. The van der Waals surface area contributed by atoms with Gasteiger partial charge in [0.15, 0.2) is 11.5 Å². The zero-order chi connectivity index (χ0) is 20.3. The van der Waals surface area contributed by atoms with Gasteiger partial charge in [-0.15, -0.1) is 0 Å². The third-order valence-electron chi connectivity index (χ3n) is 4.53. The van der Waals surface area contributed by atoms with E-state index in [-0.39, 0.29) is 0 Å². The molecule has 0 radical (unpaired) electrons. The third-order valence-corrected chi connectivity index (χ3v) is 4.53. The third kappa shape index (κ3) is 3.80. The lowest BCUT2D eigenvalue weighted by Crippen LogP contribution is -2.33. The van der Waals surface area contributed by atoms with Crippen LogP contribution in [0.4, 0.5) is 5.69 Å². The Labute approximate surface area is 163 Å². The second-order valence-electron chi connectivity index (χ2n) is 6.30. The summed E-state index contributed by atoms with van der Waals surface area (Å²) in [7, 11) is 3.08. The quantitative estimate of drug-likeness (QED) is 0.796. The van der Waals surface area contributed by atoms with Crippen molar-refractivity contribution in [3.05, 3.63) is 53.1 Å². The molecule has 0 fully saturated rings. The second-order valence-corrected chi connectivity index (χ2v) is 6.30. The van der Waals surface area contributed by atoms with Crippen LogP contribution in [-0.4, -0.2) is 32.4 Å². The highest BCUT2D eigenvalue weighted by molar-refractivity contribution is 5.96. The molecule has 0 spiro atoms. The van der Waals surface area contributed by atoms with Gasteiger partial charge in [0.25, 0.3) is 12.2 Å². The first-order chi connectivity index (χ1) is 13.5. The number of ether oxygens (including phenoxy) is 4. The van der Waals surface area contributed by atoms with Crippen molar-refractivity contribution in [1.82, 2.24) is 0 Å². The summed E-state index contributed by atoms with van der Waals surface area (Å²) in [6.45, 7) is 3.27. The van der Waals surface area contributed by atoms with Crippen molar-refractivity contribution in [2.24, 2.45) is 0 Å². The molecule has 7 heteroatoms. The standard InChI is InChI=1S/C21H23NO6/c1-5-13-9-10-16-15(11-13)18(28-21(20(24)22-16)27-12(2)23)14-7-6-8-17(25-3)19(14)26-4/h6-11,18,21H,5H2,1-4H3,(H,22,24)/t18-,21+/m1/s1. The number of carbonyl (C=O) groups is 2. The number of esters is 1. The van der Waals surface area contributed by atoms with E-state index in [1.54, 1.807) is 13.2 Å². The summed E-state index contributed by atoms with van der Waals surface area (Å²) >= 11 is 0. The molecule has 1 aliphatic heterocycles. The normalized spacial score (nSPS) is 18.5. The molecule has 0 aromatic heterocycles. The fourth-order valence-electron chi connectivity index (χ4n) is 3.20. The molecule has 1 N–H and O–H groups in total. The van der Waals surface area contributed by atoms with Crippen LogP contribution >= 0.6 is 0 Å². The van der Waals surface area contributed by atoms with Gasteiger partial charge >= 0.3 is 5.97 Å². The summed E-state index contributed by atoms with van der Waals surface area (Å²) in [4.78, 5) is 24.0. The van der Waals surface area contributed by atoms with E-state index in [4.69, 9.17) is 18.9 Å². The SMILES string of the molecule is CCc1ccc2c(c1)[C@@H](c1cccc(OC)c1OC)O[C@H](OC(C)=O)C(=O)N2. The lowest BCUT2D eigenvalue weighted by Gasteiger charge is -2.24. The van der Waals surface area contributed by atoms with Gasteiger partial charge in [0.1, 0.15) is 6.10 Å². The van der Waals surface area contributed by atoms with Gasteiger partial charge in [0.05, 0.1) is 14.2 Å². The van der Waals surface area contributed by atoms with Crippen LogP contribution in [0.25, 0.3) is 0 Å². The highest BCUT2D eigenvalue weighted by Crippen LogP contribution is 2.43. The van der Waals surface area contributed by atoms with Gasteiger partial charge in [0, 0.05) is 23.7 Å². The van der Waals surface area contributed by atoms with Crippen LogP contribution in [0.15, 0.2) is 36.4 Å². The zero-order valence-electron chi connectivity index (χ0n) is 16.3. The van der Waals surface area contributed by atoms with Crippen LogP contribution in [-0.2, 0) is 25.5 Å². The van der Waals surface area contributed by atoms with Crippen molar-refractivity contribution in [1.29, 1.82) is 0 Å². The molecule has 0 saturated carbocycles. The van der Waals surface area contributed by atoms with Crippen molar-refractivity contribution < 1.29 is 28.5 Å². The molecule has 0 saturated heterocycles. The number of amides is 1. The monoisotopic (exact) mass is 385 g/mol. The van der Waals surface area contributed by atoms with Gasteiger partial charge in [-0.1, -0.05) is 31.2 Å². The highest BCUT2D eigenvalue weighted by Gasteiger charge is 2.35. The number of methoxy groups -OCH3 is 2. The number of hydrogen-bond acceptors (Lipinski definition) is 6. The number of hydrogen-bond donors (Lipinski definition) is 1. The summed E-state index contributed by atoms with van der Waals surface area (Å²) in [5.41, 5.74) is 3.07. The molecule has 7 nitrogen and oxygen atoms in total. The maximum absolute atomic E-state index is 12.6. The van der Waals surface area contributed by atoms with E-state index in [1.807, 2.05) is 37.3 Å². The number of para-hydroxylation sites is 1. The van der Waals surface area contributed by atoms with E-state index >= 15 is 0 Å². The Kier molecular flexibility index (Phi) is 5.84. The number of fused-ring (bicyclic) bond motifs is 1. The second kappa shape index (κ2) is 8.31. The van der Waals surface area contributed by atoms with Gasteiger partial charge < -0.3 is 24.3 Å². The molecular weight excluding hydrogens is 362 g/mol. The molecular formula is C21H23NO6. The Morgan fingerprint density at radius 1 is 1.14 bits per heavy atom. The zero-order valence-corrected chi connectivity index (χ0v) is 16.3. The lowest BCUT2D eigenvalue weighted by molar-refractivity contribution is -0.187. The van der Waals surface area contributed by atoms with E-state index in [0.717, 1.165) is 17.5 Å². The van der Waals surface area contributed by atoms with Gasteiger partial charge in [-0.3, -0.25) is 9.59 Å². The Morgan fingerprint density at radius 3 is 2.57 bits per heavy atom. The first-order valence-corrected chi connectivity index (χ1v) is 8.95. The summed E-state index contributed by atoms with van der Waals surface area (Å²) in [6.07, 6.45) is -1.29. The molecule has 2 aromatic carbocycles. The summed E-state index contributed by atoms with van der Waals surface area (Å²) in [5.74, 6) is -0.148. The molecule has 1 amide bonds. The van der Waals surface area contributed by atoms with E-state index in [0.29, 0.717) is 22.7 Å². The Balaban J connectivity index is 2.18. The molecule has 3 rings (SSSR count). The predicted octanol–water partition coefficient (Wildman–Crippen LogP) is 3.21. The Bertz CT molecular complexity index is 894. The molecule has 0 bridgehead atoms. The summed E-state index contributed by atoms with van der Waals surface area (Å²) in [6, 6.07) is 11.1. The number of aryl methyl sites for hydroxylation is 1. The minimum Gasteiger partial charge on any atom is -0.493 e. The van der Waals surface area contributed by atoms with Crippen LogP contribution in [0, 0.1) is 0 Å². The molecule has 2 atom stereocenters. The average molecular weight is 385 g/mol. The summed E-state index contributed by atoms with van der Waals surface area (Å²) < 4.78 is 22.1. The Hall–Kier alpha value is -3.06. The molecule has 2 aromatic rings. The number of carbonyl (C=O) groups excluding carboxylic acids is 2. The van der Waals surface area contributed by atoms with E-state index in [9.17, 15) is 9.59 Å². The molecule has 1 heterocycles. The van der Waals surface area contributed by atoms with Crippen LogP contribution in [0.1, 0.15) is 36.6 Å². The lowest BCUT2D eigenvalue weighted by atomic mass is 9.96. The van der Waals surface area contributed by atoms with Crippen molar-refractivity contribution in [2.75, 3.05) is 19.5 Å². The molecule has 148 valence electrons. The number of anilines is 1. The van der Waals surface area contributed by atoms with Crippen LogP contribution in [0.5, 0.6) is 11.5 Å². The predicted molar refractivity (Wildman–Crippen MR) is 102 cm³/mol. The van der Waals surface area contributed by atoms with Gasteiger partial charge in [-0.05, 0) is 24.1 Å². The smallest absolute Gasteiger partial charge is 0.305 e. The highest BCUT2D eigenvalue weighted by atomic mass is 16.7. The minimum atomic E-state index is -1.39. The number of benzene rings is 2. The van der Waals surface area contributed by atoms with E-state index in [1.165, 1.54) is 14.0 Å². The van der Waals surface area contributed by atoms with Crippen molar-refractivity contribution in [3.63, 3.8) is 0 Å². The molecule has 1 aliphatic rings. The van der Waals surface area contributed by atoms with Crippen LogP contribution in [0.2, 0.25) is 0 Å². The van der Waals surface area contributed by atoms with Crippen molar-refractivity contribution >= 4 is 17.6 Å². The topological polar surface area (TPSA) is 83.1 Å². The van der Waals surface area contributed by atoms with Gasteiger partial charge in [-0.25, -0.2) is 0 Å². The summed E-state index contributed by atoms with van der Waals surface area (Å²) in [5, 5.41) is 2.78. The van der Waals surface area contributed by atoms with E-state index < -0.39 is 24.3 Å². The van der Waals surface area contributed by atoms with Gasteiger partial charge in [0.2, 0.25) is 0 Å². The van der Waals surface area contributed by atoms with Crippen molar-refractivity contribution in [2.45, 2.75) is 32.7 Å². The minimum absolute atomic E-state index is 0.485. The van der Waals surface area contributed by atoms with Gasteiger partial charge in [-0.2, -0.15) is 0 Å². The molecule has 0 unspecified atom stereocenters. The number of nitrogens with one attached hydrogen (secondary N) is 1. The van der Waals surface area contributed by atoms with Crippen LogP contribution < -0.4 is 14.8 Å². The fourth-order valence-corrected chi connectivity index (χ4v) is 3.20. The number of rotatable bonds is 5. The maximum Gasteiger partial charge on any atom is 0.305 e. The Morgan fingerprint density at radius 2 is 1.93 bits per heavy atom. The average Bonchev–Trinajstić information content (AvgIpc) is 2.82. The largest absolute Gasteiger partial charge is 0.493 e. The van der Waals surface area contributed by atoms with Crippen LogP contribution in [0.3, 0.4) is 0 Å². The fraction of sp³-hybridized carbons (Fsp3) is 0.333. The molecule has 28 heavy (non-hydrogen) atoms. The molecule has 0 aliphatic carbocycles. The van der Waals surface area contributed by atoms with E-state index in [2.05, 4.69) is 5.32 Å². The van der Waals surface area contributed by atoms with Crippen molar-refractivity contribution in [3.8, 4) is 11.5 Å².